The summed E-state index contributed by atoms with van der Waals surface area (Å²) in [6.45, 7) is 4.76. The van der Waals surface area contributed by atoms with Gasteiger partial charge in [0.15, 0.2) is 0 Å². The Bertz CT molecular complexity index is 535. The Balaban J connectivity index is 1.60. The predicted octanol–water partition coefficient (Wildman–Crippen LogP) is 3.99. The fourth-order valence-electron chi connectivity index (χ4n) is 2.92. The van der Waals surface area contributed by atoms with Gasteiger partial charge in [-0.2, -0.15) is 0 Å². The smallest absolute Gasteiger partial charge is 0.0932 e. The van der Waals surface area contributed by atoms with Crippen LogP contribution in [-0.2, 0) is 6.42 Å². The van der Waals surface area contributed by atoms with E-state index in [1.54, 1.807) is 11.3 Å². The van der Waals surface area contributed by atoms with Crippen LogP contribution in [0, 0.1) is 11.8 Å². The maximum atomic E-state index is 4.79. The van der Waals surface area contributed by atoms with Gasteiger partial charge in [0.2, 0.25) is 0 Å². The number of nitrogens with one attached hydrogen (secondary N) is 1. The number of aryl methyl sites for hydroxylation is 1. The second kappa shape index (κ2) is 6.51. The van der Waals surface area contributed by atoms with Gasteiger partial charge in [-0.25, -0.2) is 4.98 Å². The Hall–Kier alpha value is -1.19. The molecule has 1 fully saturated rings. The van der Waals surface area contributed by atoms with Gasteiger partial charge in [0, 0.05) is 10.9 Å². The Morgan fingerprint density at radius 1 is 1.30 bits per heavy atom. The summed E-state index contributed by atoms with van der Waals surface area (Å²) in [5, 5.41) is 6.98. The number of hydrogen-bond donors (Lipinski definition) is 1. The Labute approximate surface area is 125 Å². The normalized spacial score (nSPS) is 22.9. The lowest BCUT2D eigenvalue weighted by Gasteiger charge is -2.29. The SMILES string of the molecule is CC1CCNCC1CCc1nc(-c2ccccc2)cs1. The summed E-state index contributed by atoms with van der Waals surface area (Å²) in [4.78, 5) is 4.79. The highest BCUT2D eigenvalue weighted by Crippen LogP contribution is 2.26. The number of benzene rings is 1. The average molecular weight is 286 g/mol. The first-order valence-electron chi connectivity index (χ1n) is 7.53. The molecular formula is C17H22N2S. The van der Waals surface area contributed by atoms with Crippen LogP contribution in [0.25, 0.3) is 11.3 Å². The van der Waals surface area contributed by atoms with Crippen molar-refractivity contribution in [3.05, 3.63) is 40.7 Å². The molecule has 0 amide bonds. The Morgan fingerprint density at radius 3 is 2.95 bits per heavy atom. The minimum absolute atomic E-state index is 0.813. The topological polar surface area (TPSA) is 24.9 Å². The summed E-state index contributed by atoms with van der Waals surface area (Å²) in [6, 6.07) is 10.5. The first-order chi connectivity index (χ1) is 9.83. The van der Waals surface area contributed by atoms with Crippen LogP contribution >= 0.6 is 11.3 Å². The van der Waals surface area contributed by atoms with E-state index < -0.39 is 0 Å². The lowest BCUT2D eigenvalue weighted by Crippen LogP contribution is -2.35. The summed E-state index contributed by atoms with van der Waals surface area (Å²) in [5.41, 5.74) is 2.35. The van der Waals surface area contributed by atoms with Crippen molar-refractivity contribution in [3.8, 4) is 11.3 Å². The molecule has 0 bridgehead atoms. The molecule has 20 heavy (non-hydrogen) atoms. The predicted molar refractivity (Wildman–Crippen MR) is 86.0 cm³/mol. The average Bonchev–Trinajstić information content (AvgIpc) is 2.96. The van der Waals surface area contributed by atoms with Crippen LogP contribution in [0.2, 0.25) is 0 Å². The quantitative estimate of drug-likeness (QED) is 0.919. The van der Waals surface area contributed by atoms with Crippen LogP contribution in [0.5, 0.6) is 0 Å². The molecule has 0 aliphatic carbocycles. The summed E-state index contributed by atoms with van der Waals surface area (Å²) in [6.07, 6.45) is 3.70. The van der Waals surface area contributed by atoms with E-state index in [1.165, 1.54) is 36.5 Å². The summed E-state index contributed by atoms with van der Waals surface area (Å²) in [7, 11) is 0. The molecule has 2 heterocycles. The number of thiazole rings is 1. The summed E-state index contributed by atoms with van der Waals surface area (Å²) < 4.78 is 0. The van der Waals surface area contributed by atoms with E-state index in [-0.39, 0.29) is 0 Å². The first-order valence-corrected chi connectivity index (χ1v) is 8.41. The van der Waals surface area contributed by atoms with Crippen molar-refractivity contribution >= 4 is 11.3 Å². The molecule has 0 saturated carbocycles. The third kappa shape index (κ3) is 3.28. The van der Waals surface area contributed by atoms with Gasteiger partial charge in [0.1, 0.15) is 0 Å². The number of piperidine rings is 1. The highest BCUT2D eigenvalue weighted by atomic mass is 32.1. The first kappa shape index (κ1) is 13.8. The van der Waals surface area contributed by atoms with E-state index in [4.69, 9.17) is 4.98 Å². The van der Waals surface area contributed by atoms with Crippen molar-refractivity contribution in [2.24, 2.45) is 11.8 Å². The van der Waals surface area contributed by atoms with E-state index in [2.05, 4.69) is 41.9 Å². The molecule has 2 atom stereocenters. The standard InChI is InChI=1S/C17H22N2S/c1-13-9-10-18-11-15(13)7-8-17-19-16(12-20-17)14-5-3-2-4-6-14/h2-6,12-13,15,18H,7-11H2,1H3. The second-order valence-corrected chi connectivity index (χ2v) is 6.70. The van der Waals surface area contributed by atoms with Crippen LogP contribution < -0.4 is 5.32 Å². The van der Waals surface area contributed by atoms with Crippen molar-refractivity contribution in [1.29, 1.82) is 0 Å². The van der Waals surface area contributed by atoms with Crippen LogP contribution in [0.1, 0.15) is 24.8 Å². The van der Waals surface area contributed by atoms with Gasteiger partial charge in [0.25, 0.3) is 0 Å². The lowest BCUT2D eigenvalue weighted by molar-refractivity contribution is 0.260. The maximum absolute atomic E-state index is 4.79. The fourth-order valence-corrected chi connectivity index (χ4v) is 3.74. The molecule has 1 aliphatic heterocycles. The highest BCUT2D eigenvalue weighted by Gasteiger charge is 2.21. The van der Waals surface area contributed by atoms with Gasteiger partial charge in [-0.05, 0) is 44.2 Å². The molecule has 3 heteroatoms. The zero-order valence-corrected chi connectivity index (χ0v) is 12.8. The Morgan fingerprint density at radius 2 is 2.15 bits per heavy atom. The van der Waals surface area contributed by atoms with Crippen molar-refractivity contribution in [1.82, 2.24) is 10.3 Å². The molecule has 1 aliphatic rings. The molecule has 1 aromatic carbocycles. The van der Waals surface area contributed by atoms with Crippen LogP contribution in [0.3, 0.4) is 0 Å². The number of hydrogen-bond acceptors (Lipinski definition) is 3. The van der Waals surface area contributed by atoms with E-state index in [0.717, 1.165) is 24.0 Å². The largest absolute Gasteiger partial charge is 0.316 e. The van der Waals surface area contributed by atoms with Crippen molar-refractivity contribution in [3.63, 3.8) is 0 Å². The van der Waals surface area contributed by atoms with Gasteiger partial charge in [-0.3, -0.25) is 0 Å². The Kier molecular flexibility index (Phi) is 4.48. The van der Waals surface area contributed by atoms with Crippen molar-refractivity contribution in [2.75, 3.05) is 13.1 Å². The van der Waals surface area contributed by atoms with Gasteiger partial charge in [-0.1, -0.05) is 37.3 Å². The molecular weight excluding hydrogens is 264 g/mol. The molecule has 0 spiro atoms. The van der Waals surface area contributed by atoms with Crippen LogP contribution in [0.15, 0.2) is 35.7 Å². The van der Waals surface area contributed by atoms with Crippen molar-refractivity contribution < 1.29 is 0 Å². The lowest BCUT2D eigenvalue weighted by atomic mass is 9.85. The fraction of sp³-hybridized carbons (Fsp3) is 0.471. The van der Waals surface area contributed by atoms with E-state index in [0.29, 0.717) is 0 Å². The third-order valence-electron chi connectivity index (χ3n) is 4.34. The van der Waals surface area contributed by atoms with E-state index in [9.17, 15) is 0 Å². The van der Waals surface area contributed by atoms with Gasteiger partial charge in [0.05, 0.1) is 10.7 Å². The summed E-state index contributed by atoms with van der Waals surface area (Å²) >= 11 is 1.80. The zero-order chi connectivity index (χ0) is 13.8. The number of nitrogens with zero attached hydrogens (tertiary/aromatic N) is 1. The van der Waals surface area contributed by atoms with E-state index in [1.807, 2.05) is 6.07 Å². The zero-order valence-electron chi connectivity index (χ0n) is 12.0. The molecule has 1 N–H and O–H groups in total. The van der Waals surface area contributed by atoms with Gasteiger partial charge >= 0.3 is 0 Å². The molecule has 1 saturated heterocycles. The molecule has 3 rings (SSSR count). The second-order valence-electron chi connectivity index (χ2n) is 5.76. The van der Waals surface area contributed by atoms with Crippen LogP contribution in [-0.4, -0.2) is 18.1 Å². The molecule has 2 aromatic rings. The van der Waals surface area contributed by atoms with Gasteiger partial charge in [-0.15, -0.1) is 11.3 Å². The third-order valence-corrected chi connectivity index (χ3v) is 5.25. The summed E-state index contributed by atoms with van der Waals surface area (Å²) in [5.74, 6) is 1.66. The number of rotatable bonds is 4. The molecule has 1 aromatic heterocycles. The highest BCUT2D eigenvalue weighted by molar-refractivity contribution is 7.09. The van der Waals surface area contributed by atoms with Crippen LogP contribution in [0.4, 0.5) is 0 Å². The minimum Gasteiger partial charge on any atom is -0.316 e. The maximum Gasteiger partial charge on any atom is 0.0932 e. The monoisotopic (exact) mass is 286 g/mol. The van der Waals surface area contributed by atoms with E-state index >= 15 is 0 Å². The molecule has 2 nitrogen and oxygen atoms in total. The minimum atomic E-state index is 0.813. The molecule has 106 valence electrons. The molecule has 0 radical (unpaired) electrons. The number of aromatic nitrogens is 1. The molecule has 2 unspecified atom stereocenters. The van der Waals surface area contributed by atoms with Gasteiger partial charge < -0.3 is 5.32 Å². The van der Waals surface area contributed by atoms with Crippen molar-refractivity contribution in [2.45, 2.75) is 26.2 Å².